The van der Waals surface area contributed by atoms with E-state index in [4.69, 9.17) is 10.5 Å². The number of hydrogen-bond donors (Lipinski definition) is 2. The second kappa shape index (κ2) is 9.75. The van der Waals surface area contributed by atoms with Gasteiger partial charge in [-0.3, -0.25) is 28.9 Å². The van der Waals surface area contributed by atoms with Crippen LogP contribution < -0.4 is 21.6 Å². The number of nitrogens with two attached hydrogens (primary N) is 1. The minimum atomic E-state index is -0.667. The lowest BCUT2D eigenvalue weighted by atomic mass is 9.81. The normalized spacial score (nSPS) is 26.6. The van der Waals surface area contributed by atoms with Crippen molar-refractivity contribution in [2.75, 3.05) is 44.2 Å². The average Bonchev–Trinajstić information content (AvgIpc) is 3.06. The Labute approximate surface area is 205 Å². The lowest BCUT2D eigenvalue weighted by Gasteiger charge is -2.42. The van der Waals surface area contributed by atoms with E-state index < -0.39 is 11.9 Å². The van der Waals surface area contributed by atoms with Gasteiger partial charge in [-0.15, -0.1) is 0 Å². The van der Waals surface area contributed by atoms with Crippen molar-refractivity contribution in [2.45, 2.75) is 50.8 Å². The summed E-state index contributed by atoms with van der Waals surface area (Å²) in [6.45, 7) is 7.41. The third-order valence-corrected chi connectivity index (χ3v) is 7.62. The van der Waals surface area contributed by atoms with E-state index >= 15 is 0 Å². The Bertz CT molecular complexity index is 1160. The molecule has 2 aliphatic heterocycles. The number of fused-ring (bicyclic) bond motifs is 1. The molecule has 1 aliphatic carbocycles. The number of imide groups is 1. The van der Waals surface area contributed by atoms with Gasteiger partial charge in [0.05, 0.1) is 29.4 Å². The molecule has 0 spiro atoms. The molecule has 1 saturated carbocycles. The second-order valence-electron chi connectivity index (χ2n) is 10.4. The summed E-state index contributed by atoms with van der Waals surface area (Å²) < 4.78 is 9.02. The first-order valence-electron chi connectivity index (χ1n) is 12.7. The number of imidazole rings is 1. The monoisotopic (exact) mass is 484 g/mol. The van der Waals surface area contributed by atoms with E-state index in [9.17, 15) is 14.4 Å². The van der Waals surface area contributed by atoms with E-state index in [1.165, 1.54) is 0 Å². The van der Waals surface area contributed by atoms with Crippen LogP contribution >= 0.6 is 0 Å². The molecule has 2 amide bonds. The van der Waals surface area contributed by atoms with Gasteiger partial charge in [-0.25, -0.2) is 4.79 Å². The number of anilines is 1. The predicted molar refractivity (Wildman–Crippen MR) is 133 cm³/mol. The van der Waals surface area contributed by atoms with Crippen LogP contribution in [0.3, 0.4) is 0 Å². The van der Waals surface area contributed by atoms with Gasteiger partial charge < -0.3 is 15.4 Å². The summed E-state index contributed by atoms with van der Waals surface area (Å²) in [5, 5.41) is 2.38. The van der Waals surface area contributed by atoms with Crippen molar-refractivity contribution < 1.29 is 14.3 Å². The molecule has 3 fully saturated rings. The first-order chi connectivity index (χ1) is 16.8. The topological polar surface area (TPSA) is 115 Å². The summed E-state index contributed by atoms with van der Waals surface area (Å²) in [5.74, 6) is -0.00400. The number of para-hydroxylation sites is 1. The number of carbonyl (C=O) groups is 2. The first-order valence-corrected chi connectivity index (χ1v) is 12.7. The largest absolute Gasteiger partial charge is 0.377 e. The van der Waals surface area contributed by atoms with Gasteiger partial charge in [0, 0.05) is 52.2 Å². The van der Waals surface area contributed by atoms with Crippen LogP contribution in [0.5, 0.6) is 0 Å². The molecule has 3 heterocycles. The van der Waals surface area contributed by atoms with Crippen molar-refractivity contribution in [3.8, 4) is 0 Å². The summed E-state index contributed by atoms with van der Waals surface area (Å²) >= 11 is 0. The molecule has 3 N–H and O–H groups in total. The number of piperazine rings is 1. The molecule has 35 heavy (non-hydrogen) atoms. The fourth-order valence-electron chi connectivity index (χ4n) is 5.69. The number of ether oxygens (including phenoxy) is 1. The summed E-state index contributed by atoms with van der Waals surface area (Å²) in [4.78, 5) is 42.2. The molecule has 1 aromatic heterocycles. The van der Waals surface area contributed by atoms with Crippen LogP contribution in [0.1, 0.15) is 38.6 Å². The zero-order valence-electron chi connectivity index (χ0n) is 20.6. The number of aryl methyl sites for hydroxylation is 1. The Hall–Kier alpha value is -2.69. The molecule has 3 aliphatic rings. The van der Waals surface area contributed by atoms with Crippen LogP contribution in [-0.2, 0) is 21.4 Å². The summed E-state index contributed by atoms with van der Waals surface area (Å²) in [6.07, 6.45) is 3.16. The zero-order valence-corrected chi connectivity index (χ0v) is 20.6. The van der Waals surface area contributed by atoms with E-state index in [1.807, 2.05) is 19.1 Å². The fourth-order valence-corrected chi connectivity index (χ4v) is 5.69. The van der Waals surface area contributed by atoms with Crippen LogP contribution in [-0.4, -0.2) is 77.3 Å². The molecule has 0 radical (unpaired) electrons. The van der Waals surface area contributed by atoms with Crippen molar-refractivity contribution in [1.29, 1.82) is 0 Å². The SMILES string of the molecule is C[C@@H](N)COC1CC(CN2CCN(c3cccc4c3n(C)c(=O)n4C3CCC(=O)NC3=O)CC2)C1. The third-order valence-electron chi connectivity index (χ3n) is 7.62. The zero-order chi connectivity index (χ0) is 24.7. The highest BCUT2D eigenvalue weighted by Gasteiger charge is 2.34. The van der Waals surface area contributed by atoms with Gasteiger partial charge in [0.1, 0.15) is 6.04 Å². The number of nitrogens with one attached hydrogen (secondary N) is 1. The maximum atomic E-state index is 13.2. The predicted octanol–water partition coefficient (Wildman–Crippen LogP) is 0.582. The summed E-state index contributed by atoms with van der Waals surface area (Å²) in [5.41, 5.74) is 8.14. The van der Waals surface area contributed by atoms with Gasteiger partial charge in [0.15, 0.2) is 0 Å². The molecule has 5 rings (SSSR count). The Morgan fingerprint density at radius 2 is 1.89 bits per heavy atom. The van der Waals surface area contributed by atoms with Gasteiger partial charge in [-0.1, -0.05) is 6.07 Å². The average molecular weight is 485 g/mol. The summed E-state index contributed by atoms with van der Waals surface area (Å²) in [7, 11) is 1.76. The summed E-state index contributed by atoms with van der Waals surface area (Å²) in [6, 6.07) is 5.31. The molecular weight excluding hydrogens is 448 g/mol. The van der Waals surface area contributed by atoms with E-state index in [0.717, 1.165) is 62.3 Å². The maximum Gasteiger partial charge on any atom is 0.329 e. The molecule has 1 aromatic carbocycles. The molecular formula is C25H36N6O4. The number of amides is 2. The maximum absolute atomic E-state index is 13.2. The van der Waals surface area contributed by atoms with E-state index in [0.29, 0.717) is 25.0 Å². The Morgan fingerprint density at radius 1 is 1.14 bits per heavy atom. The van der Waals surface area contributed by atoms with Gasteiger partial charge in [0.2, 0.25) is 11.8 Å². The molecule has 2 aromatic rings. The molecule has 1 unspecified atom stereocenters. The lowest BCUT2D eigenvalue weighted by molar-refractivity contribution is -0.135. The quantitative estimate of drug-likeness (QED) is 0.553. The van der Waals surface area contributed by atoms with Gasteiger partial charge in [-0.2, -0.15) is 0 Å². The molecule has 2 saturated heterocycles. The standard InChI is InChI=1S/C25H36N6O4/c1-16(26)15-35-18-12-17(13-18)14-29-8-10-30(11-9-29)19-4-3-5-20-23(19)28(2)25(34)31(20)21-6-7-22(32)27-24(21)33/h3-5,16-18,21H,6-15,26H2,1-2H3,(H,27,32,33)/t16-,17?,18?,21?/m1/s1. The van der Waals surface area contributed by atoms with Crippen LogP contribution in [0, 0.1) is 5.92 Å². The van der Waals surface area contributed by atoms with Crippen molar-refractivity contribution >= 4 is 28.5 Å². The van der Waals surface area contributed by atoms with Crippen LogP contribution in [0.2, 0.25) is 0 Å². The number of nitrogens with zero attached hydrogens (tertiary/aromatic N) is 4. The highest BCUT2D eigenvalue weighted by Crippen LogP contribution is 2.33. The highest BCUT2D eigenvalue weighted by atomic mass is 16.5. The van der Waals surface area contributed by atoms with Crippen LogP contribution in [0.15, 0.2) is 23.0 Å². The Balaban J connectivity index is 1.26. The van der Waals surface area contributed by atoms with E-state index in [-0.39, 0.29) is 24.1 Å². The van der Waals surface area contributed by atoms with Gasteiger partial charge in [-0.05, 0) is 44.2 Å². The number of benzene rings is 1. The number of carbonyl (C=O) groups excluding carboxylic acids is 2. The Morgan fingerprint density at radius 3 is 2.57 bits per heavy atom. The second-order valence-corrected chi connectivity index (χ2v) is 10.4. The van der Waals surface area contributed by atoms with E-state index in [1.54, 1.807) is 16.2 Å². The molecule has 2 atom stereocenters. The number of aromatic nitrogens is 2. The molecule has 190 valence electrons. The smallest absolute Gasteiger partial charge is 0.329 e. The minimum Gasteiger partial charge on any atom is -0.377 e. The minimum absolute atomic E-state index is 0.0898. The first kappa shape index (κ1) is 24.0. The molecule has 10 heteroatoms. The molecule has 10 nitrogen and oxygen atoms in total. The number of hydrogen-bond acceptors (Lipinski definition) is 7. The number of rotatable bonds is 7. The molecule has 0 bridgehead atoms. The van der Waals surface area contributed by atoms with Crippen molar-refractivity contribution in [2.24, 2.45) is 18.7 Å². The third kappa shape index (κ3) is 4.74. The van der Waals surface area contributed by atoms with E-state index in [2.05, 4.69) is 21.2 Å². The van der Waals surface area contributed by atoms with Gasteiger partial charge in [0.25, 0.3) is 0 Å². The highest BCUT2D eigenvalue weighted by molar-refractivity contribution is 6.00. The van der Waals surface area contributed by atoms with Gasteiger partial charge >= 0.3 is 5.69 Å². The Kier molecular flexibility index (Phi) is 6.69. The van der Waals surface area contributed by atoms with Crippen molar-refractivity contribution in [3.05, 3.63) is 28.7 Å². The van der Waals surface area contributed by atoms with Crippen molar-refractivity contribution in [3.63, 3.8) is 0 Å². The fraction of sp³-hybridized carbons (Fsp3) is 0.640. The van der Waals surface area contributed by atoms with Crippen LogP contribution in [0.25, 0.3) is 11.0 Å². The lowest BCUT2D eigenvalue weighted by Crippen LogP contribution is -2.50. The van der Waals surface area contributed by atoms with Crippen molar-refractivity contribution in [1.82, 2.24) is 19.4 Å². The number of piperidine rings is 1. The van der Waals surface area contributed by atoms with Crippen LogP contribution in [0.4, 0.5) is 5.69 Å².